The van der Waals surface area contributed by atoms with Gasteiger partial charge in [-0.15, -0.1) is 0 Å². The van der Waals surface area contributed by atoms with Gasteiger partial charge in [-0.1, -0.05) is 72.8 Å². The number of nitrogens with zero attached hydrogens (tertiary/aromatic N) is 3. The monoisotopic (exact) mass is 453 g/mol. The first-order valence-corrected chi connectivity index (χ1v) is 10.5. The summed E-state index contributed by atoms with van der Waals surface area (Å²) >= 11 is 0. The smallest absolute Gasteiger partial charge is 0.314 e. The maximum absolute atomic E-state index is 13.7. The Hall–Kier alpha value is -4.79. The second kappa shape index (κ2) is 8.28. The number of para-hydroxylation sites is 2. The van der Waals surface area contributed by atoms with Crippen molar-refractivity contribution in [2.45, 2.75) is 12.1 Å². The van der Waals surface area contributed by atoms with Crippen molar-refractivity contribution in [2.24, 2.45) is 0 Å². The molecule has 0 aliphatic carbocycles. The zero-order chi connectivity index (χ0) is 23.7. The van der Waals surface area contributed by atoms with Gasteiger partial charge >= 0.3 is 6.03 Å². The Morgan fingerprint density at radius 3 is 2.09 bits per heavy atom. The molecule has 168 valence electrons. The summed E-state index contributed by atoms with van der Waals surface area (Å²) in [6.07, 6.45) is 1.12. The lowest BCUT2D eigenvalue weighted by Crippen LogP contribution is -2.50. The van der Waals surface area contributed by atoms with E-state index in [1.165, 1.54) is 4.57 Å². The lowest BCUT2D eigenvalue weighted by molar-refractivity contribution is -0.138. The summed E-state index contributed by atoms with van der Waals surface area (Å²) in [5.41, 5.74) is 2.48. The molecule has 1 aliphatic heterocycles. The molecule has 34 heavy (non-hydrogen) atoms. The average Bonchev–Trinajstić information content (AvgIpc) is 3.12. The first-order valence-electron chi connectivity index (χ1n) is 10.5. The fourth-order valence-electron chi connectivity index (χ4n) is 4.15. The molecule has 1 saturated heterocycles. The molecular formula is C25H19N5O4. The number of carbonyl (C=O) groups excluding carboxylic acids is 3. The van der Waals surface area contributed by atoms with E-state index in [9.17, 15) is 19.2 Å². The van der Waals surface area contributed by atoms with Gasteiger partial charge in [0.2, 0.25) is 0 Å². The van der Waals surface area contributed by atoms with Gasteiger partial charge in [0, 0.05) is 0 Å². The number of hydrogen-bond acceptors (Lipinski definition) is 5. The summed E-state index contributed by atoms with van der Waals surface area (Å²) in [5.74, 6) is -1.37. The van der Waals surface area contributed by atoms with Crippen LogP contribution >= 0.6 is 0 Å². The molecule has 9 nitrogen and oxygen atoms in total. The zero-order valence-corrected chi connectivity index (χ0v) is 17.8. The number of rotatable bonds is 5. The van der Waals surface area contributed by atoms with Crippen molar-refractivity contribution in [3.05, 3.63) is 113 Å². The van der Waals surface area contributed by atoms with Gasteiger partial charge in [-0.2, -0.15) is 5.01 Å². The molecule has 5 rings (SSSR count). The minimum atomic E-state index is -1.51. The highest BCUT2D eigenvalue weighted by molar-refractivity contribution is 6.10. The molecule has 9 heteroatoms. The molecule has 1 aromatic heterocycles. The number of fused-ring (bicyclic) bond motifs is 1. The lowest BCUT2D eigenvalue weighted by Gasteiger charge is -2.27. The van der Waals surface area contributed by atoms with Crippen molar-refractivity contribution in [2.75, 3.05) is 0 Å². The van der Waals surface area contributed by atoms with Gasteiger partial charge in [0.05, 0.1) is 17.2 Å². The van der Waals surface area contributed by atoms with E-state index in [1.54, 1.807) is 84.9 Å². The third-order valence-corrected chi connectivity index (χ3v) is 5.73. The van der Waals surface area contributed by atoms with E-state index in [1.807, 2.05) is 0 Å². The maximum atomic E-state index is 13.7. The Morgan fingerprint density at radius 1 is 0.853 bits per heavy atom. The van der Waals surface area contributed by atoms with E-state index in [-0.39, 0.29) is 0 Å². The fraction of sp³-hybridized carbons (Fsp3) is 0.0800. The number of hydrazine groups is 1. The molecule has 2 N–H and O–H groups in total. The molecule has 0 atom stereocenters. The number of benzene rings is 3. The van der Waals surface area contributed by atoms with Crippen LogP contribution in [0.15, 0.2) is 95.9 Å². The molecule has 0 unspecified atom stereocenters. The van der Waals surface area contributed by atoms with Crippen LogP contribution in [0.3, 0.4) is 0 Å². The van der Waals surface area contributed by atoms with Crippen LogP contribution < -0.4 is 16.3 Å². The summed E-state index contributed by atoms with van der Waals surface area (Å²) in [5, 5.41) is 3.42. The van der Waals surface area contributed by atoms with Crippen molar-refractivity contribution in [1.82, 2.24) is 25.3 Å². The number of amides is 4. The molecule has 0 bridgehead atoms. The van der Waals surface area contributed by atoms with Gasteiger partial charge in [0.1, 0.15) is 6.54 Å². The Kier molecular flexibility index (Phi) is 5.14. The lowest BCUT2D eigenvalue weighted by atomic mass is 9.83. The number of aromatic nitrogens is 2. The second-order valence-corrected chi connectivity index (χ2v) is 7.76. The molecule has 3 aromatic carbocycles. The minimum Gasteiger partial charge on any atom is -0.314 e. The number of imide groups is 1. The molecule has 1 aliphatic rings. The van der Waals surface area contributed by atoms with Crippen molar-refractivity contribution in [3.8, 4) is 0 Å². The van der Waals surface area contributed by atoms with Crippen LogP contribution in [0.2, 0.25) is 0 Å². The molecule has 0 spiro atoms. The molecule has 4 amide bonds. The summed E-state index contributed by atoms with van der Waals surface area (Å²) in [4.78, 5) is 55.9. The SMILES string of the molecule is O=C(Cn1c(=O)cnc2ccccc21)NN1C(=O)NC(c2ccccc2)(c2ccccc2)C1=O. The molecule has 2 heterocycles. The summed E-state index contributed by atoms with van der Waals surface area (Å²) in [6.45, 7) is -0.400. The molecule has 0 radical (unpaired) electrons. The van der Waals surface area contributed by atoms with Crippen molar-refractivity contribution < 1.29 is 14.4 Å². The Labute approximate surface area is 193 Å². The number of urea groups is 1. The highest BCUT2D eigenvalue weighted by atomic mass is 16.2. The van der Waals surface area contributed by atoms with Crippen molar-refractivity contribution in [3.63, 3.8) is 0 Å². The van der Waals surface area contributed by atoms with Crippen LogP contribution in [0.1, 0.15) is 11.1 Å². The van der Waals surface area contributed by atoms with E-state index in [0.717, 1.165) is 6.20 Å². The normalized spacial score (nSPS) is 14.8. The average molecular weight is 453 g/mol. The standard InChI is InChI=1S/C25H19N5O4/c31-21(16-29-20-14-8-7-13-19(20)26-15-22(29)32)28-30-23(33)25(27-24(30)34,17-9-3-1-4-10-17)18-11-5-2-6-12-18/h1-15H,16H2,(H,27,34)(H,28,31). The van der Waals surface area contributed by atoms with E-state index < -0.39 is 35.5 Å². The predicted octanol–water partition coefficient (Wildman–Crippen LogP) is 1.92. The maximum Gasteiger partial charge on any atom is 0.344 e. The third kappa shape index (κ3) is 3.39. The summed E-state index contributed by atoms with van der Waals surface area (Å²) in [6, 6.07) is 23.7. The topological polar surface area (TPSA) is 113 Å². The highest BCUT2D eigenvalue weighted by Gasteiger charge is 2.54. The van der Waals surface area contributed by atoms with Gasteiger partial charge in [-0.3, -0.25) is 24.4 Å². The Bertz CT molecular complexity index is 1430. The van der Waals surface area contributed by atoms with Crippen LogP contribution in [0.5, 0.6) is 0 Å². The van der Waals surface area contributed by atoms with Crippen LogP contribution in [0.4, 0.5) is 4.79 Å². The summed E-state index contributed by atoms with van der Waals surface area (Å²) < 4.78 is 1.23. The van der Waals surface area contributed by atoms with Crippen molar-refractivity contribution in [1.29, 1.82) is 0 Å². The molecular weight excluding hydrogens is 434 g/mol. The zero-order valence-electron chi connectivity index (χ0n) is 17.8. The second-order valence-electron chi connectivity index (χ2n) is 7.76. The van der Waals surface area contributed by atoms with Crippen LogP contribution in [-0.4, -0.2) is 32.4 Å². The number of nitrogens with one attached hydrogen (secondary N) is 2. The van der Waals surface area contributed by atoms with Crippen LogP contribution in [0.25, 0.3) is 11.0 Å². The fourth-order valence-corrected chi connectivity index (χ4v) is 4.15. The Balaban J connectivity index is 1.47. The van der Waals surface area contributed by atoms with Gasteiger partial charge < -0.3 is 5.32 Å². The van der Waals surface area contributed by atoms with Crippen LogP contribution in [-0.2, 0) is 21.7 Å². The first kappa shape index (κ1) is 21.1. The molecule has 0 saturated carbocycles. The molecule has 4 aromatic rings. The minimum absolute atomic E-state index is 0.400. The summed E-state index contributed by atoms with van der Waals surface area (Å²) in [7, 11) is 0. The van der Waals surface area contributed by atoms with E-state index in [4.69, 9.17) is 0 Å². The van der Waals surface area contributed by atoms with E-state index in [0.29, 0.717) is 27.2 Å². The van der Waals surface area contributed by atoms with Gasteiger partial charge in [-0.25, -0.2) is 9.78 Å². The highest BCUT2D eigenvalue weighted by Crippen LogP contribution is 2.35. The quantitative estimate of drug-likeness (QED) is 0.448. The number of hydrogen-bond donors (Lipinski definition) is 2. The van der Waals surface area contributed by atoms with Crippen molar-refractivity contribution >= 4 is 28.9 Å². The van der Waals surface area contributed by atoms with Crippen LogP contribution in [0, 0.1) is 0 Å². The number of carbonyl (C=O) groups is 3. The third-order valence-electron chi connectivity index (χ3n) is 5.73. The van der Waals surface area contributed by atoms with Gasteiger partial charge in [-0.05, 0) is 23.3 Å². The molecule has 1 fully saturated rings. The van der Waals surface area contributed by atoms with Gasteiger partial charge in [0.25, 0.3) is 17.4 Å². The predicted molar refractivity (Wildman–Crippen MR) is 123 cm³/mol. The Morgan fingerprint density at radius 2 is 1.44 bits per heavy atom. The van der Waals surface area contributed by atoms with E-state index in [2.05, 4.69) is 15.7 Å². The largest absolute Gasteiger partial charge is 0.344 e. The van der Waals surface area contributed by atoms with E-state index >= 15 is 0 Å². The van der Waals surface area contributed by atoms with Gasteiger partial charge in [0.15, 0.2) is 5.54 Å². The first-order chi connectivity index (χ1) is 16.5.